The number of hydrogen-bond donors (Lipinski definition) is 1. The highest BCUT2D eigenvalue weighted by atomic mass is 32.2. The van der Waals surface area contributed by atoms with E-state index in [0.29, 0.717) is 11.2 Å². The second-order valence-electron chi connectivity index (χ2n) is 4.28. The summed E-state index contributed by atoms with van der Waals surface area (Å²) >= 11 is 3.62. The van der Waals surface area contributed by atoms with E-state index < -0.39 is 0 Å². The summed E-state index contributed by atoms with van der Waals surface area (Å²) in [5, 5.41) is 3.50. The second-order valence-corrected chi connectivity index (χ2v) is 6.65. The first kappa shape index (κ1) is 12.2. The van der Waals surface area contributed by atoms with Crippen LogP contribution in [0.3, 0.4) is 0 Å². The Kier molecular flexibility index (Phi) is 4.10. The minimum atomic E-state index is 0.676. The molecule has 5 heteroatoms. The standard InChI is InChI=1S/C11H19N3S2/c1-8-9(2)15-6-5-14(8)4-3-10-7-16-11(12)13-10/h7-9H,3-6H2,1-2H3,(H2,12,13). The fourth-order valence-electron chi connectivity index (χ4n) is 2.01. The molecule has 1 saturated heterocycles. The van der Waals surface area contributed by atoms with Crippen molar-refractivity contribution in [1.82, 2.24) is 9.88 Å². The van der Waals surface area contributed by atoms with Gasteiger partial charge >= 0.3 is 0 Å². The molecule has 0 aromatic carbocycles. The smallest absolute Gasteiger partial charge is 0.180 e. The molecule has 1 fully saturated rings. The third-order valence-corrected chi connectivity index (χ3v) is 5.30. The second kappa shape index (κ2) is 5.38. The summed E-state index contributed by atoms with van der Waals surface area (Å²) in [4.78, 5) is 6.87. The van der Waals surface area contributed by atoms with Crippen molar-refractivity contribution < 1.29 is 0 Å². The van der Waals surface area contributed by atoms with Crippen molar-refractivity contribution in [2.45, 2.75) is 31.6 Å². The number of rotatable bonds is 3. The molecular weight excluding hydrogens is 238 g/mol. The first-order chi connectivity index (χ1) is 7.66. The van der Waals surface area contributed by atoms with Crippen molar-refractivity contribution >= 4 is 28.2 Å². The van der Waals surface area contributed by atoms with Crippen LogP contribution in [0.2, 0.25) is 0 Å². The predicted octanol–water partition coefficient (Wildman–Crippen LogP) is 2.09. The van der Waals surface area contributed by atoms with Crippen LogP contribution in [0.5, 0.6) is 0 Å². The highest BCUT2D eigenvalue weighted by Gasteiger charge is 2.24. The van der Waals surface area contributed by atoms with Gasteiger partial charge in [0.2, 0.25) is 0 Å². The van der Waals surface area contributed by atoms with E-state index in [-0.39, 0.29) is 0 Å². The quantitative estimate of drug-likeness (QED) is 0.900. The highest BCUT2D eigenvalue weighted by Crippen LogP contribution is 2.24. The molecule has 0 amide bonds. The van der Waals surface area contributed by atoms with Gasteiger partial charge in [-0.2, -0.15) is 11.8 Å². The molecular formula is C11H19N3S2. The third-order valence-electron chi connectivity index (χ3n) is 3.24. The number of aromatic nitrogens is 1. The lowest BCUT2D eigenvalue weighted by Crippen LogP contribution is -2.45. The van der Waals surface area contributed by atoms with Gasteiger partial charge in [0.25, 0.3) is 0 Å². The topological polar surface area (TPSA) is 42.1 Å². The molecule has 0 saturated carbocycles. The van der Waals surface area contributed by atoms with Gasteiger partial charge in [0, 0.05) is 41.9 Å². The van der Waals surface area contributed by atoms with Gasteiger partial charge in [-0.3, -0.25) is 4.90 Å². The molecule has 16 heavy (non-hydrogen) atoms. The maximum absolute atomic E-state index is 5.63. The normalized spacial score (nSPS) is 27.1. The van der Waals surface area contributed by atoms with Gasteiger partial charge < -0.3 is 5.73 Å². The zero-order valence-corrected chi connectivity index (χ0v) is 11.5. The fraction of sp³-hybridized carbons (Fsp3) is 0.727. The predicted molar refractivity (Wildman–Crippen MR) is 73.2 cm³/mol. The number of nitrogens with two attached hydrogens (primary N) is 1. The van der Waals surface area contributed by atoms with Gasteiger partial charge in [-0.05, 0) is 6.92 Å². The molecule has 1 aromatic heterocycles. The summed E-state index contributed by atoms with van der Waals surface area (Å²) in [6, 6.07) is 0.676. The van der Waals surface area contributed by atoms with E-state index in [1.807, 2.05) is 0 Å². The summed E-state index contributed by atoms with van der Waals surface area (Å²) < 4.78 is 0. The Hall–Kier alpha value is -0.260. The number of anilines is 1. The largest absolute Gasteiger partial charge is 0.375 e. The summed E-state index contributed by atoms with van der Waals surface area (Å²) in [6.45, 7) is 6.96. The van der Waals surface area contributed by atoms with Gasteiger partial charge in [-0.25, -0.2) is 4.98 Å². The molecule has 0 aliphatic carbocycles. The Morgan fingerprint density at radius 1 is 1.56 bits per heavy atom. The van der Waals surface area contributed by atoms with Crippen molar-refractivity contribution in [2.75, 3.05) is 24.6 Å². The van der Waals surface area contributed by atoms with Crippen LogP contribution in [-0.4, -0.2) is 40.0 Å². The average molecular weight is 257 g/mol. The molecule has 2 rings (SSSR count). The third kappa shape index (κ3) is 2.90. The van der Waals surface area contributed by atoms with Crippen LogP contribution >= 0.6 is 23.1 Å². The molecule has 1 aromatic rings. The molecule has 0 spiro atoms. The monoisotopic (exact) mass is 257 g/mol. The Morgan fingerprint density at radius 3 is 3.06 bits per heavy atom. The van der Waals surface area contributed by atoms with E-state index in [0.717, 1.165) is 23.9 Å². The van der Waals surface area contributed by atoms with E-state index in [9.17, 15) is 0 Å². The van der Waals surface area contributed by atoms with Gasteiger partial charge in [0.1, 0.15) is 0 Å². The van der Waals surface area contributed by atoms with Gasteiger partial charge in [-0.15, -0.1) is 11.3 Å². The van der Waals surface area contributed by atoms with Crippen LogP contribution in [0.25, 0.3) is 0 Å². The SMILES string of the molecule is CC1SCCN(CCc2csc(N)n2)C1C. The maximum atomic E-state index is 5.63. The van der Waals surface area contributed by atoms with Gasteiger partial charge in [0.15, 0.2) is 5.13 Å². The number of hydrogen-bond acceptors (Lipinski definition) is 5. The minimum absolute atomic E-state index is 0.676. The van der Waals surface area contributed by atoms with E-state index >= 15 is 0 Å². The molecule has 2 atom stereocenters. The molecule has 2 N–H and O–H groups in total. The zero-order valence-electron chi connectivity index (χ0n) is 9.85. The molecule has 90 valence electrons. The Labute approximate surface area is 105 Å². The first-order valence-electron chi connectivity index (χ1n) is 5.72. The summed E-state index contributed by atoms with van der Waals surface area (Å²) in [5.41, 5.74) is 6.77. The maximum Gasteiger partial charge on any atom is 0.180 e. The van der Waals surface area contributed by atoms with E-state index in [1.54, 1.807) is 0 Å². The number of thioether (sulfide) groups is 1. The molecule has 0 bridgehead atoms. The van der Waals surface area contributed by atoms with Crippen LogP contribution in [0.4, 0.5) is 5.13 Å². The fourth-order valence-corrected chi connectivity index (χ4v) is 3.77. The van der Waals surface area contributed by atoms with Crippen LogP contribution in [-0.2, 0) is 6.42 Å². The van der Waals surface area contributed by atoms with Crippen molar-refractivity contribution in [3.8, 4) is 0 Å². The average Bonchev–Trinajstić information content (AvgIpc) is 2.67. The Morgan fingerprint density at radius 2 is 2.38 bits per heavy atom. The molecule has 2 heterocycles. The van der Waals surface area contributed by atoms with E-state index in [1.165, 1.54) is 23.6 Å². The molecule has 1 aliphatic heterocycles. The number of nitrogen functional groups attached to an aromatic ring is 1. The summed E-state index contributed by atoms with van der Waals surface area (Å²) in [6.07, 6.45) is 1.02. The lowest BCUT2D eigenvalue weighted by atomic mass is 10.2. The van der Waals surface area contributed by atoms with E-state index in [4.69, 9.17) is 5.73 Å². The van der Waals surface area contributed by atoms with Crippen LogP contribution in [0, 0.1) is 0 Å². The van der Waals surface area contributed by atoms with E-state index in [2.05, 4.69) is 40.9 Å². The summed E-state index contributed by atoms with van der Waals surface area (Å²) in [5.74, 6) is 1.25. The minimum Gasteiger partial charge on any atom is -0.375 e. The Bertz CT molecular complexity index is 340. The molecule has 0 radical (unpaired) electrons. The highest BCUT2D eigenvalue weighted by molar-refractivity contribution is 8.00. The first-order valence-corrected chi connectivity index (χ1v) is 7.65. The molecule has 3 nitrogen and oxygen atoms in total. The van der Waals surface area contributed by atoms with Crippen molar-refractivity contribution in [3.63, 3.8) is 0 Å². The number of nitrogens with zero attached hydrogens (tertiary/aromatic N) is 2. The zero-order chi connectivity index (χ0) is 11.5. The Balaban J connectivity index is 1.85. The number of thiazole rings is 1. The van der Waals surface area contributed by atoms with Crippen molar-refractivity contribution in [3.05, 3.63) is 11.1 Å². The van der Waals surface area contributed by atoms with Crippen molar-refractivity contribution in [1.29, 1.82) is 0 Å². The summed E-state index contributed by atoms with van der Waals surface area (Å²) in [7, 11) is 0. The van der Waals surface area contributed by atoms with Crippen LogP contribution in [0.15, 0.2) is 5.38 Å². The molecule has 1 aliphatic rings. The van der Waals surface area contributed by atoms with Gasteiger partial charge in [0.05, 0.1) is 5.69 Å². The van der Waals surface area contributed by atoms with Crippen LogP contribution in [0.1, 0.15) is 19.5 Å². The van der Waals surface area contributed by atoms with Crippen LogP contribution < -0.4 is 5.73 Å². The lowest BCUT2D eigenvalue weighted by Gasteiger charge is -2.37. The van der Waals surface area contributed by atoms with Crippen molar-refractivity contribution in [2.24, 2.45) is 0 Å². The molecule has 2 unspecified atom stereocenters. The van der Waals surface area contributed by atoms with Gasteiger partial charge in [-0.1, -0.05) is 6.92 Å². The lowest BCUT2D eigenvalue weighted by molar-refractivity contribution is 0.215.